The number of hydrogen-bond acceptors (Lipinski definition) is 5. The number of benzene rings is 2. The molecule has 3 aliphatic carbocycles. The van der Waals surface area contributed by atoms with E-state index in [9.17, 15) is 15.0 Å². The van der Waals surface area contributed by atoms with Crippen molar-refractivity contribution in [3.05, 3.63) is 58.1 Å². The minimum atomic E-state index is -0.958. The number of piperidine rings is 1. The molecule has 5 aliphatic rings. The van der Waals surface area contributed by atoms with Crippen molar-refractivity contribution in [1.82, 2.24) is 9.80 Å². The van der Waals surface area contributed by atoms with Gasteiger partial charge in [-0.25, -0.2) is 0 Å². The number of likely N-dealkylation sites (N-methyl/N-ethyl adjacent to an activating group) is 1. The van der Waals surface area contributed by atoms with Gasteiger partial charge in [0.15, 0.2) is 11.5 Å². The van der Waals surface area contributed by atoms with Crippen molar-refractivity contribution >= 4 is 5.91 Å². The predicted octanol–water partition coefficient (Wildman–Crippen LogP) is 4.42. The van der Waals surface area contributed by atoms with Crippen LogP contribution < -0.4 is 4.74 Å². The first-order chi connectivity index (χ1) is 18.6. The summed E-state index contributed by atoms with van der Waals surface area (Å²) in [4.78, 5) is 18.1. The molecule has 2 bridgehead atoms. The van der Waals surface area contributed by atoms with Gasteiger partial charge in [0, 0.05) is 31.6 Å². The SMILES string of the molecule is Cc1ccc(CCC(=O)N(C)C2CC[C@@]3(O)[C@H]4Cc5ccc(O)c6c5[C@@]3(CCN4CC3CC3)C2(C)O6)cc1C. The summed E-state index contributed by atoms with van der Waals surface area (Å²) in [6, 6.07) is 10.1. The van der Waals surface area contributed by atoms with Gasteiger partial charge >= 0.3 is 0 Å². The van der Waals surface area contributed by atoms with Crippen LogP contribution in [0.2, 0.25) is 0 Å². The van der Waals surface area contributed by atoms with Gasteiger partial charge in [-0.2, -0.15) is 0 Å². The average Bonchev–Trinajstić information content (AvgIpc) is 3.67. The lowest BCUT2D eigenvalue weighted by atomic mass is 9.44. The maximum atomic E-state index is 13.7. The van der Waals surface area contributed by atoms with Gasteiger partial charge in [0.05, 0.1) is 17.1 Å². The van der Waals surface area contributed by atoms with Crippen LogP contribution in [0, 0.1) is 19.8 Å². The van der Waals surface area contributed by atoms with Crippen LogP contribution in [-0.2, 0) is 23.1 Å². The number of nitrogens with zero attached hydrogens (tertiary/aromatic N) is 2. The van der Waals surface area contributed by atoms with Crippen LogP contribution in [0.25, 0.3) is 0 Å². The summed E-state index contributed by atoms with van der Waals surface area (Å²) in [7, 11) is 1.91. The first kappa shape index (κ1) is 25.4. The lowest BCUT2D eigenvalue weighted by molar-refractivity contribution is -0.230. The van der Waals surface area contributed by atoms with Crippen molar-refractivity contribution in [1.29, 1.82) is 0 Å². The largest absolute Gasteiger partial charge is 0.504 e. The lowest BCUT2D eigenvalue weighted by Crippen LogP contribution is -2.82. The van der Waals surface area contributed by atoms with E-state index in [-0.39, 0.29) is 23.7 Å². The number of carbonyl (C=O) groups is 1. The molecular weight excluding hydrogens is 488 g/mol. The average molecular weight is 531 g/mol. The van der Waals surface area contributed by atoms with Crippen molar-refractivity contribution < 1.29 is 19.7 Å². The predicted molar refractivity (Wildman–Crippen MR) is 150 cm³/mol. The zero-order valence-corrected chi connectivity index (χ0v) is 23.8. The Morgan fingerprint density at radius 2 is 1.92 bits per heavy atom. The lowest BCUT2D eigenvalue weighted by Gasteiger charge is -2.68. The molecule has 2 N–H and O–H groups in total. The standard InChI is InChI=1S/C33H42N2O4/c1-20-5-6-22(17-21(20)2)9-12-28(37)34(4)26-13-14-33(38)27-18-24-10-11-25(36)30-29(24)32(33,31(26,3)39-30)15-16-35(27)19-23-7-8-23/h5-6,10-11,17,23,26-27,36,38H,7-9,12-16,18-19H2,1-4H3/t26?,27-,31?,32+,33-/m1/s1. The molecule has 6 nitrogen and oxygen atoms in total. The van der Waals surface area contributed by atoms with Crippen LogP contribution >= 0.6 is 0 Å². The fourth-order valence-corrected chi connectivity index (χ4v) is 9.04. The van der Waals surface area contributed by atoms with Crippen molar-refractivity contribution in [2.75, 3.05) is 20.1 Å². The smallest absolute Gasteiger partial charge is 0.223 e. The van der Waals surface area contributed by atoms with Gasteiger partial charge in [0.2, 0.25) is 5.91 Å². The van der Waals surface area contributed by atoms with Crippen LogP contribution in [-0.4, -0.2) is 69.3 Å². The highest BCUT2D eigenvalue weighted by Crippen LogP contribution is 2.69. The fraction of sp³-hybridized carbons (Fsp3) is 0.606. The molecule has 1 amide bonds. The van der Waals surface area contributed by atoms with Crippen molar-refractivity contribution in [3.63, 3.8) is 0 Å². The van der Waals surface area contributed by atoms with Crippen molar-refractivity contribution in [2.45, 2.75) is 101 Å². The van der Waals surface area contributed by atoms with Crippen LogP contribution in [0.4, 0.5) is 0 Å². The molecule has 1 saturated heterocycles. The number of aryl methyl sites for hydroxylation is 3. The summed E-state index contributed by atoms with van der Waals surface area (Å²) >= 11 is 0. The molecular formula is C33H42N2O4. The van der Waals surface area contributed by atoms with Crippen molar-refractivity contribution in [3.8, 4) is 11.5 Å². The zero-order valence-electron chi connectivity index (χ0n) is 23.8. The normalized spacial score (nSPS) is 34.4. The van der Waals surface area contributed by atoms with Crippen LogP contribution in [0.3, 0.4) is 0 Å². The second kappa shape index (κ2) is 8.47. The molecule has 7 rings (SSSR count). The van der Waals surface area contributed by atoms with Gasteiger partial charge in [0.1, 0.15) is 5.60 Å². The summed E-state index contributed by atoms with van der Waals surface area (Å²) in [5.74, 6) is 1.53. The molecule has 6 heteroatoms. The van der Waals surface area contributed by atoms with Gasteiger partial charge in [-0.05, 0) is 106 Å². The molecule has 3 fully saturated rings. The number of aliphatic hydroxyl groups is 1. The third-order valence-corrected chi connectivity index (χ3v) is 11.4. The van der Waals surface area contributed by atoms with Gasteiger partial charge in [-0.15, -0.1) is 0 Å². The number of amides is 1. The summed E-state index contributed by atoms with van der Waals surface area (Å²) in [6.45, 7) is 8.30. The molecule has 0 radical (unpaired) electrons. The number of likely N-dealkylation sites (tertiary alicyclic amines) is 1. The molecule has 39 heavy (non-hydrogen) atoms. The van der Waals surface area contributed by atoms with E-state index in [1.807, 2.05) is 18.0 Å². The molecule has 2 saturated carbocycles. The molecule has 2 unspecified atom stereocenters. The van der Waals surface area contributed by atoms with Gasteiger partial charge in [-0.3, -0.25) is 9.69 Å². The number of phenols is 1. The highest BCUT2D eigenvalue weighted by Gasteiger charge is 2.78. The Balaban J connectivity index is 1.23. The number of aromatic hydroxyl groups is 1. The third-order valence-electron chi connectivity index (χ3n) is 11.4. The summed E-state index contributed by atoms with van der Waals surface area (Å²) in [6.07, 6.45) is 6.58. The Labute approximate surface area is 232 Å². The number of carbonyl (C=O) groups excluding carboxylic acids is 1. The minimum Gasteiger partial charge on any atom is -0.504 e. The number of phenolic OH excluding ortho intramolecular Hbond substituents is 1. The zero-order chi connectivity index (χ0) is 27.3. The van der Waals surface area contributed by atoms with Gasteiger partial charge in [-0.1, -0.05) is 24.3 Å². The van der Waals surface area contributed by atoms with E-state index in [2.05, 4.69) is 43.9 Å². The highest BCUT2D eigenvalue weighted by molar-refractivity contribution is 5.77. The maximum Gasteiger partial charge on any atom is 0.223 e. The number of ether oxygens (including phenoxy) is 1. The summed E-state index contributed by atoms with van der Waals surface area (Å²) in [5, 5.41) is 23.8. The second-order valence-electron chi connectivity index (χ2n) is 13.4. The monoisotopic (exact) mass is 530 g/mol. The van der Waals surface area contributed by atoms with Gasteiger partial charge in [0.25, 0.3) is 0 Å². The Bertz CT molecular complexity index is 1350. The minimum absolute atomic E-state index is 0.0319. The Kier molecular flexibility index (Phi) is 5.51. The molecule has 1 spiro atoms. The molecule has 2 heterocycles. The van der Waals surface area contributed by atoms with Crippen LogP contribution in [0.15, 0.2) is 30.3 Å². The van der Waals surface area contributed by atoms with E-state index in [1.54, 1.807) is 6.07 Å². The Hall–Kier alpha value is -2.57. The van der Waals surface area contributed by atoms with E-state index in [1.165, 1.54) is 35.1 Å². The van der Waals surface area contributed by atoms with Crippen LogP contribution in [0.5, 0.6) is 11.5 Å². The van der Waals surface area contributed by atoms with E-state index in [0.717, 1.165) is 37.4 Å². The first-order valence-corrected chi connectivity index (χ1v) is 14.9. The van der Waals surface area contributed by atoms with Crippen molar-refractivity contribution in [2.24, 2.45) is 5.92 Å². The fourth-order valence-electron chi connectivity index (χ4n) is 9.04. The van der Waals surface area contributed by atoms with Gasteiger partial charge < -0.3 is 19.8 Å². The summed E-state index contributed by atoms with van der Waals surface area (Å²) in [5.41, 5.74) is 3.45. The van der Waals surface area contributed by atoms with E-state index in [0.29, 0.717) is 31.4 Å². The molecule has 2 aromatic carbocycles. The Morgan fingerprint density at radius 3 is 2.67 bits per heavy atom. The Morgan fingerprint density at radius 1 is 1.13 bits per heavy atom. The second-order valence-corrected chi connectivity index (χ2v) is 13.4. The van der Waals surface area contributed by atoms with E-state index in [4.69, 9.17) is 4.74 Å². The van der Waals surface area contributed by atoms with E-state index < -0.39 is 16.6 Å². The highest BCUT2D eigenvalue weighted by atomic mass is 16.5. The molecule has 5 atom stereocenters. The first-order valence-electron chi connectivity index (χ1n) is 14.9. The van der Waals surface area contributed by atoms with Crippen LogP contribution in [0.1, 0.15) is 73.3 Å². The topological polar surface area (TPSA) is 73.2 Å². The maximum absolute atomic E-state index is 13.7. The third kappa shape index (κ3) is 3.37. The number of hydrogen-bond donors (Lipinski definition) is 2. The quantitative estimate of drug-likeness (QED) is 0.579. The molecule has 2 aromatic rings. The molecule has 2 aliphatic heterocycles. The number of rotatable bonds is 6. The summed E-state index contributed by atoms with van der Waals surface area (Å²) < 4.78 is 6.84. The molecule has 0 aromatic heterocycles. The van der Waals surface area contributed by atoms with E-state index >= 15 is 0 Å². The molecule has 208 valence electrons.